The first-order valence-corrected chi connectivity index (χ1v) is 5.98. The zero-order chi connectivity index (χ0) is 11.8. The van der Waals surface area contributed by atoms with E-state index in [1.54, 1.807) is 6.20 Å². The number of rotatable bonds is 7. The molecule has 1 aromatic heterocycles. The number of nitrogens with zero attached hydrogens (tertiary/aromatic N) is 1. The Morgan fingerprint density at radius 2 is 2.19 bits per heavy atom. The fourth-order valence-corrected chi connectivity index (χ4v) is 1.42. The topological polar surface area (TPSA) is 34.1 Å². The van der Waals surface area contributed by atoms with Crippen LogP contribution in [0.15, 0.2) is 18.3 Å². The van der Waals surface area contributed by atoms with E-state index in [4.69, 9.17) is 4.74 Å². The highest BCUT2D eigenvalue weighted by Crippen LogP contribution is 2.13. The number of pyridine rings is 1. The third kappa shape index (κ3) is 5.12. The smallest absolute Gasteiger partial charge is 0.140 e. The Hall–Kier alpha value is -1.09. The summed E-state index contributed by atoms with van der Waals surface area (Å²) in [6.45, 7) is 8.13. The van der Waals surface area contributed by atoms with Gasteiger partial charge in [0.15, 0.2) is 0 Å². The Bertz CT molecular complexity index is 300. The van der Waals surface area contributed by atoms with Crippen LogP contribution in [0.4, 0.5) is 0 Å². The van der Waals surface area contributed by atoms with Gasteiger partial charge in [-0.1, -0.05) is 13.8 Å². The zero-order valence-corrected chi connectivity index (χ0v) is 10.5. The van der Waals surface area contributed by atoms with Gasteiger partial charge >= 0.3 is 0 Å². The molecule has 1 heterocycles. The van der Waals surface area contributed by atoms with E-state index in [0.29, 0.717) is 6.04 Å². The van der Waals surface area contributed by atoms with Crippen molar-refractivity contribution in [3.05, 3.63) is 24.0 Å². The highest BCUT2D eigenvalue weighted by molar-refractivity contribution is 5.25. The van der Waals surface area contributed by atoms with Gasteiger partial charge in [0, 0.05) is 12.2 Å². The van der Waals surface area contributed by atoms with Crippen LogP contribution in [0.5, 0.6) is 5.75 Å². The van der Waals surface area contributed by atoms with Crippen molar-refractivity contribution >= 4 is 0 Å². The van der Waals surface area contributed by atoms with E-state index < -0.39 is 0 Å². The standard InChI is InChI=1S/C13H22N2O/c1-11(2)14-8-4-5-10-16-13-7-6-9-15-12(13)3/h6-7,9,11,14H,4-5,8,10H2,1-3H3. The van der Waals surface area contributed by atoms with Crippen LogP contribution in [0.25, 0.3) is 0 Å². The van der Waals surface area contributed by atoms with E-state index >= 15 is 0 Å². The van der Waals surface area contributed by atoms with E-state index in [2.05, 4.69) is 24.1 Å². The molecule has 0 saturated heterocycles. The minimum Gasteiger partial charge on any atom is -0.492 e. The maximum Gasteiger partial charge on any atom is 0.140 e. The number of unbranched alkanes of at least 4 members (excludes halogenated alkanes) is 1. The molecule has 3 nitrogen and oxygen atoms in total. The maximum atomic E-state index is 5.65. The van der Waals surface area contributed by atoms with Gasteiger partial charge in [-0.2, -0.15) is 0 Å². The van der Waals surface area contributed by atoms with E-state index in [0.717, 1.165) is 37.4 Å². The fraction of sp³-hybridized carbons (Fsp3) is 0.615. The quantitative estimate of drug-likeness (QED) is 0.720. The molecule has 90 valence electrons. The monoisotopic (exact) mass is 222 g/mol. The summed E-state index contributed by atoms with van der Waals surface area (Å²) in [5.41, 5.74) is 0.961. The van der Waals surface area contributed by atoms with Crippen molar-refractivity contribution in [2.24, 2.45) is 0 Å². The molecule has 0 spiro atoms. The van der Waals surface area contributed by atoms with Gasteiger partial charge in [0.05, 0.1) is 12.3 Å². The third-order valence-electron chi connectivity index (χ3n) is 2.34. The highest BCUT2D eigenvalue weighted by atomic mass is 16.5. The number of aromatic nitrogens is 1. The van der Waals surface area contributed by atoms with E-state index in [-0.39, 0.29) is 0 Å². The molecule has 0 bridgehead atoms. The molecule has 0 atom stereocenters. The summed E-state index contributed by atoms with van der Waals surface area (Å²) in [5, 5.41) is 3.39. The van der Waals surface area contributed by atoms with Crippen LogP contribution in [0.3, 0.4) is 0 Å². The van der Waals surface area contributed by atoms with Gasteiger partial charge in [0.25, 0.3) is 0 Å². The largest absolute Gasteiger partial charge is 0.492 e. The summed E-state index contributed by atoms with van der Waals surface area (Å²) in [6.07, 6.45) is 4.01. The summed E-state index contributed by atoms with van der Waals surface area (Å²) in [5.74, 6) is 0.902. The minimum absolute atomic E-state index is 0.571. The number of hydrogen-bond acceptors (Lipinski definition) is 3. The molecule has 3 heteroatoms. The fourth-order valence-electron chi connectivity index (χ4n) is 1.42. The Morgan fingerprint density at radius 3 is 2.88 bits per heavy atom. The first kappa shape index (κ1) is 13.0. The van der Waals surface area contributed by atoms with Crippen LogP contribution in [-0.4, -0.2) is 24.2 Å². The predicted molar refractivity (Wildman–Crippen MR) is 66.8 cm³/mol. The molecule has 1 rings (SSSR count). The normalized spacial score (nSPS) is 10.8. The Labute approximate surface area is 98.2 Å². The lowest BCUT2D eigenvalue weighted by Gasteiger charge is -2.09. The molecular weight excluding hydrogens is 200 g/mol. The summed E-state index contributed by atoms with van der Waals surface area (Å²) in [4.78, 5) is 4.18. The first-order chi connectivity index (χ1) is 7.70. The van der Waals surface area contributed by atoms with Crippen molar-refractivity contribution in [1.29, 1.82) is 0 Å². The summed E-state index contributed by atoms with van der Waals surface area (Å²) in [7, 11) is 0. The predicted octanol–water partition coefficient (Wildman–Crippen LogP) is 2.55. The van der Waals surface area contributed by atoms with Gasteiger partial charge < -0.3 is 10.1 Å². The lowest BCUT2D eigenvalue weighted by molar-refractivity contribution is 0.301. The van der Waals surface area contributed by atoms with E-state index in [1.165, 1.54) is 0 Å². The molecule has 1 aromatic rings. The van der Waals surface area contributed by atoms with E-state index in [1.807, 2.05) is 19.1 Å². The van der Waals surface area contributed by atoms with Crippen molar-refractivity contribution in [2.45, 2.75) is 39.7 Å². The lowest BCUT2D eigenvalue weighted by atomic mass is 10.3. The Kier molecular flexibility index (Phi) is 5.86. The van der Waals surface area contributed by atoms with Crippen molar-refractivity contribution in [2.75, 3.05) is 13.2 Å². The molecule has 0 aliphatic carbocycles. The summed E-state index contributed by atoms with van der Waals surface area (Å²) in [6, 6.07) is 4.44. The van der Waals surface area contributed by atoms with Gasteiger partial charge in [-0.05, 0) is 38.4 Å². The number of aryl methyl sites for hydroxylation is 1. The van der Waals surface area contributed by atoms with Gasteiger partial charge in [0.2, 0.25) is 0 Å². The molecule has 0 unspecified atom stereocenters. The van der Waals surface area contributed by atoms with Crippen LogP contribution in [-0.2, 0) is 0 Å². The molecule has 0 aliphatic heterocycles. The average molecular weight is 222 g/mol. The van der Waals surface area contributed by atoms with Crippen LogP contribution < -0.4 is 10.1 Å². The van der Waals surface area contributed by atoms with Gasteiger partial charge in [-0.25, -0.2) is 0 Å². The van der Waals surface area contributed by atoms with Crippen molar-refractivity contribution in [3.8, 4) is 5.75 Å². The molecule has 1 N–H and O–H groups in total. The van der Waals surface area contributed by atoms with Gasteiger partial charge in [0.1, 0.15) is 5.75 Å². The van der Waals surface area contributed by atoms with Crippen molar-refractivity contribution in [1.82, 2.24) is 10.3 Å². The highest BCUT2D eigenvalue weighted by Gasteiger charge is 1.98. The molecule has 16 heavy (non-hydrogen) atoms. The number of ether oxygens (including phenoxy) is 1. The second-order valence-corrected chi connectivity index (χ2v) is 4.25. The van der Waals surface area contributed by atoms with Crippen molar-refractivity contribution in [3.63, 3.8) is 0 Å². The van der Waals surface area contributed by atoms with E-state index in [9.17, 15) is 0 Å². The average Bonchev–Trinajstić information content (AvgIpc) is 2.25. The zero-order valence-electron chi connectivity index (χ0n) is 10.5. The maximum absolute atomic E-state index is 5.65. The lowest BCUT2D eigenvalue weighted by Crippen LogP contribution is -2.23. The van der Waals surface area contributed by atoms with Crippen molar-refractivity contribution < 1.29 is 4.74 Å². The Morgan fingerprint density at radius 1 is 1.38 bits per heavy atom. The second-order valence-electron chi connectivity index (χ2n) is 4.25. The van der Waals surface area contributed by atoms with Crippen LogP contribution in [0, 0.1) is 6.92 Å². The van der Waals surface area contributed by atoms with Gasteiger partial charge in [-0.3, -0.25) is 4.98 Å². The first-order valence-electron chi connectivity index (χ1n) is 5.98. The minimum atomic E-state index is 0.571. The van der Waals surface area contributed by atoms with Gasteiger partial charge in [-0.15, -0.1) is 0 Å². The molecule has 0 aliphatic rings. The molecule has 0 aromatic carbocycles. The molecule has 0 saturated carbocycles. The second kappa shape index (κ2) is 7.23. The molecule has 0 fully saturated rings. The van der Waals surface area contributed by atoms with Crippen LogP contribution >= 0.6 is 0 Å². The summed E-state index contributed by atoms with van der Waals surface area (Å²) >= 11 is 0. The number of nitrogens with one attached hydrogen (secondary N) is 1. The molecule has 0 radical (unpaired) electrons. The third-order valence-corrected chi connectivity index (χ3v) is 2.34. The molecule has 0 amide bonds. The SMILES string of the molecule is Cc1ncccc1OCCCCNC(C)C. The summed E-state index contributed by atoms with van der Waals surface area (Å²) < 4.78 is 5.65. The molecular formula is C13H22N2O. The van der Waals surface area contributed by atoms with Crippen LogP contribution in [0.2, 0.25) is 0 Å². The Balaban J connectivity index is 2.10. The number of hydrogen-bond donors (Lipinski definition) is 1. The van der Waals surface area contributed by atoms with Crippen LogP contribution in [0.1, 0.15) is 32.4 Å².